The molecule has 0 aliphatic heterocycles. The molecule has 0 unspecified atom stereocenters. The summed E-state index contributed by atoms with van der Waals surface area (Å²) >= 11 is 0. The van der Waals surface area contributed by atoms with Gasteiger partial charge in [0.1, 0.15) is 6.20 Å². The quantitative estimate of drug-likeness (QED) is 0.309. The second-order valence-corrected chi connectivity index (χ2v) is 1.58. The van der Waals surface area contributed by atoms with E-state index in [1.165, 1.54) is 4.57 Å². The first-order chi connectivity index (χ1) is 4.30. The van der Waals surface area contributed by atoms with Crippen LogP contribution in [0.3, 0.4) is 0 Å². The fourth-order valence-electron chi connectivity index (χ4n) is 0.508. The molecule has 1 rings (SSSR count). The fourth-order valence-corrected chi connectivity index (χ4v) is 0.508. The molecular formula is C6H8ClN3+. The largest absolute Gasteiger partial charge is 0.386 e. The molecule has 0 spiro atoms. The Bertz CT molecular complexity index is 209. The molecule has 1 aromatic heterocycles. The molecule has 0 bridgehead atoms. The third-order valence-electron chi connectivity index (χ3n) is 0.916. The summed E-state index contributed by atoms with van der Waals surface area (Å²) in [6.07, 6.45) is 4.40. The number of nitrogen functional groups attached to an aromatic ring is 1. The van der Waals surface area contributed by atoms with Crippen LogP contribution >= 0.6 is 12.4 Å². The van der Waals surface area contributed by atoms with E-state index in [-0.39, 0.29) is 18.4 Å². The molecule has 1 radical (unpaired) electrons. The molecule has 10 heavy (non-hydrogen) atoms. The van der Waals surface area contributed by atoms with Crippen LogP contribution in [-0.4, -0.2) is 5.96 Å². The molecule has 3 N–H and O–H groups in total. The van der Waals surface area contributed by atoms with Crippen molar-refractivity contribution in [3.05, 3.63) is 30.6 Å². The van der Waals surface area contributed by atoms with Gasteiger partial charge in [-0.15, -0.1) is 17.8 Å². The van der Waals surface area contributed by atoms with Crippen molar-refractivity contribution in [3.63, 3.8) is 0 Å². The van der Waals surface area contributed by atoms with Crippen LogP contribution < -0.4 is 10.3 Å². The lowest BCUT2D eigenvalue weighted by atomic mass is 10.5. The van der Waals surface area contributed by atoms with E-state index in [2.05, 4.69) is 6.20 Å². The number of pyridine rings is 1. The number of halogens is 1. The van der Waals surface area contributed by atoms with Gasteiger partial charge in [0.05, 0.1) is 6.20 Å². The highest BCUT2D eigenvalue weighted by Gasteiger charge is 1.95. The summed E-state index contributed by atoms with van der Waals surface area (Å²) in [5, 5.41) is 6.94. The Balaban J connectivity index is 0.000000810. The Morgan fingerprint density at radius 2 is 2.20 bits per heavy atom. The van der Waals surface area contributed by atoms with E-state index in [9.17, 15) is 0 Å². The SMILES string of the molecule is Cl.N=C(N)[n+]1[c]cccc1. The lowest BCUT2D eigenvalue weighted by Gasteiger charge is -1.88. The van der Waals surface area contributed by atoms with Gasteiger partial charge < -0.3 is 0 Å². The summed E-state index contributed by atoms with van der Waals surface area (Å²) in [6, 6.07) is 5.30. The van der Waals surface area contributed by atoms with Crippen LogP contribution in [0.1, 0.15) is 0 Å². The first-order valence-corrected chi connectivity index (χ1v) is 2.53. The van der Waals surface area contributed by atoms with Crippen molar-refractivity contribution >= 4 is 18.4 Å². The Morgan fingerprint density at radius 1 is 1.50 bits per heavy atom. The van der Waals surface area contributed by atoms with Crippen molar-refractivity contribution in [1.29, 1.82) is 5.41 Å². The minimum atomic E-state index is -0.0180. The second kappa shape index (κ2) is 3.85. The van der Waals surface area contributed by atoms with Gasteiger partial charge in [-0.25, -0.2) is 0 Å². The first-order valence-electron chi connectivity index (χ1n) is 2.53. The number of nitrogens with zero attached hydrogens (tertiary/aromatic N) is 1. The lowest BCUT2D eigenvalue weighted by molar-refractivity contribution is -0.563. The summed E-state index contributed by atoms with van der Waals surface area (Å²) in [5.74, 6) is -0.0180. The van der Waals surface area contributed by atoms with Crippen molar-refractivity contribution in [3.8, 4) is 0 Å². The Hall–Kier alpha value is -1.09. The highest BCUT2D eigenvalue weighted by Crippen LogP contribution is 1.72. The van der Waals surface area contributed by atoms with E-state index in [0.717, 1.165) is 0 Å². The van der Waals surface area contributed by atoms with E-state index in [1.54, 1.807) is 18.3 Å². The van der Waals surface area contributed by atoms with Crippen LogP contribution in [0, 0.1) is 11.6 Å². The minimum absolute atomic E-state index is 0. The molecular weight excluding hydrogens is 150 g/mol. The molecule has 0 fully saturated rings. The van der Waals surface area contributed by atoms with Crippen LogP contribution in [0.25, 0.3) is 0 Å². The molecule has 0 amide bonds. The topological polar surface area (TPSA) is 53.8 Å². The summed E-state index contributed by atoms with van der Waals surface area (Å²) in [7, 11) is 0. The van der Waals surface area contributed by atoms with E-state index in [0.29, 0.717) is 0 Å². The normalized spacial score (nSPS) is 8.00. The van der Waals surface area contributed by atoms with Crippen molar-refractivity contribution in [1.82, 2.24) is 0 Å². The maximum Gasteiger partial charge on any atom is 0.386 e. The van der Waals surface area contributed by atoms with Gasteiger partial charge in [0.15, 0.2) is 0 Å². The average molecular weight is 158 g/mol. The number of hydrogen-bond donors (Lipinski definition) is 2. The van der Waals surface area contributed by atoms with Crippen LogP contribution in [0.15, 0.2) is 24.4 Å². The lowest BCUT2D eigenvalue weighted by Crippen LogP contribution is -2.47. The second-order valence-electron chi connectivity index (χ2n) is 1.58. The third kappa shape index (κ3) is 2.03. The van der Waals surface area contributed by atoms with Crippen LogP contribution in [0.2, 0.25) is 0 Å². The Labute approximate surface area is 65.4 Å². The summed E-state index contributed by atoms with van der Waals surface area (Å²) in [5.41, 5.74) is 5.13. The van der Waals surface area contributed by atoms with Crippen molar-refractivity contribution in [2.75, 3.05) is 0 Å². The number of rotatable bonds is 0. The van der Waals surface area contributed by atoms with Crippen molar-refractivity contribution in [2.24, 2.45) is 5.73 Å². The predicted octanol–water partition coefficient (Wildman–Crippen LogP) is -0.0623. The summed E-state index contributed by atoms with van der Waals surface area (Å²) in [6.45, 7) is 0. The van der Waals surface area contributed by atoms with Gasteiger partial charge in [-0.3, -0.25) is 5.73 Å². The zero-order valence-corrected chi connectivity index (χ0v) is 6.06. The van der Waals surface area contributed by atoms with Gasteiger partial charge in [0, 0.05) is 0 Å². The van der Waals surface area contributed by atoms with Gasteiger partial charge in [-0.05, 0) is 12.1 Å². The molecule has 1 heterocycles. The van der Waals surface area contributed by atoms with Gasteiger partial charge >= 0.3 is 5.96 Å². The van der Waals surface area contributed by atoms with Gasteiger partial charge in [0.2, 0.25) is 0 Å². The van der Waals surface area contributed by atoms with Gasteiger partial charge in [-0.1, -0.05) is 6.07 Å². The van der Waals surface area contributed by atoms with Crippen LogP contribution in [0.4, 0.5) is 0 Å². The van der Waals surface area contributed by atoms with Crippen molar-refractivity contribution in [2.45, 2.75) is 0 Å². The smallest absolute Gasteiger partial charge is 0.287 e. The molecule has 0 aliphatic rings. The third-order valence-corrected chi connectivity index (χ3v) is 0.916. The number of nitrogens with two attached hydrogens (primary N) is 1. The van der Waals surface area contributed by atoms with E-state index >= 15 is 0 Å². The van der Waals surface area contributed by atoms with Crippen LogP contribution in [-0.2, 0) is 0 Å². The van der Waals surface area contributed by atoms with E-state index in [1.807, 2.05) is 6.07 Å². The maximum atomic E-state index is 6.94. The number of nitrogens with one attached hydrogen (secondary N) is 1. The first kappa shape index (κ1) is 8.91. The summed E-state index contributed by atoms with van der Waals surface area (Å²) in [4.78, 5) is 0. The van der Waals surface area contributed by atoms with Gasteiger partial charge in [0.25, 0.3) is 0 Å². The predicted molar refractivity (Wildman–Crippen MR) is 40.0 cm³/mol. The molecule has 0 atom stereocenters. The number of aromatic nitrogens is 1. The highest BCUT2D eigenvalue weighted by atomic mass is 35.5. The molecule has 53 valence electrons. The van der Waals surface area contributed by atoms with Gasteiger partial charge in [-0.2, -0.15) is 4.57 Å². The van der Waals surface area contributed by atoms with E-state index in [4.69, 9.17) is 11.1 Å². The average Bonchev–Trinajstić information content (AvgIpc) is 1.90. The summed E-state index contributed by atoms with van der Waals surface area (Å²) < 4.78 is 1.40. The molecule has 1 aromatic rings. The Kier molecular flexibility index (Phi) is 3.43. The number of hydrogen-bond acceptors (Lipinski definition) is 1. The molecule has 0 aromatic carbocycles. The zero-order valence-electron chi connectivity index (χ0n) is 5.24. The standard InChI is InChI=1S/C6H7N3.ClH/c7-6(8)9-4-2-1-3-5-9;/h1-4H,(H3,7,8);1H/q+1;. The molecule has 0 aliphatic carbocycles. The van der Waals surface area contributed by atoms with Crippen LogP contribution in [0.5, 0.6) is 0 Å². The minimum Gasteiger partial charge on any atom is -0.287 e. The fraction of sp³-hybridized carbons (Fsp3) is 0. The molecule has 3 nitrogen and oxygen atoms in total. The molecule has 4 heteroatoms. The molecule has 0 saturated heterocycles. The Morgan fingerprint density at radius 3 is 2.50 bits per heavy atom. The monoisotopic (exact) mass is 157 g/mol. The van der Waals surface area contributed by atoms with E-state index < -0.39 is 0 Å². The zero-order chi connectivity index (χ0) is 6.69. The highest BCUT2D eigenvalue weighted by molar-refractivity contribution is 5.85. The molecule has 0 saturated carbocycles. The maximum absolute atomic E-state index is 6.94. The van der Waals surface area contributed by atoms with Crippen molar-refractivity contribution < 1.29 is 4.57 Å².